The van der Waals surface area contributed by atoms with E-state index in [9.17, 15) is 19.5 Å². The van der Waals surface area contributed by atoms with E-state index in [4.69, 9.17) is 9.72 Å². The number of aromatic carboxylic acids is 1. The number of carboxylic acid groups (broad SMARTS) is 1. The fourth-order valence-corrected chi connectivity index (χ4v) is 5.54. The molecule has 9 nitrogen and oxygen atoms in total. The number of thiazole rings is 1. The van der Waals surface area contributed by atoms with Crippen molar-refractivity contribution in [3.8, 4) is 5.13 Å². The van der Waals surface area contributed by atoms with Crippen molar-refractivity contribution < 1.29 is 19.4 Å². The van der Waals surface area contributed by atoms with E-state index in [1.165, 1.54) is 17.5 Å². The Labute approximate surface area is 206 Å². The lowest BCUT2D eigenvalue weighted by Crippen LogP contribution is -2.51. The molecule has 5 heterocycles. The smallest absolute Gasteiger partial charge is 0.341 e. The normalized spacial score (nSPS) is 20.7. The molecule has 10 heteroatoms. The number of carboxylic acids is 1. The van der Waals surface area contributed by atoms with Crippen LogP contribution in [0.3, 0.4) is 0 Å². The second kappa shape index (κ2) is 9.16. The molecule has 3 aromatic rings. The van der Waals surface area contributed by atoms with Gasteiger partial charge in [-0.05, 0) is 51.2 Å². The number of nitrogens with zero attached hydrogens (tertiary/aromatic N) is 4. The molecule has 0 aromatic carbocycles. The zero-order valence-electron chi connectivity index (χ0n) is 19.8. The number of ether oxygens (including phenoxy) is 1. The summed E-state index contributed by atoms with van der Waals surface area (Å²) in [4.78, 5) is 48.5. The number of carbonyl (C=O) groups excluding carboxylic acids is 1. The fourth-order valence-electron chi connectivity index (χ4n) is 4.92. The van der Waals surface area contributed by atoms with Gasteiger partial charge < -0.3 is 14.7 Å². The summed E-state index contributed by atoms with van der Waals surface area (Å²) in [6.45, 7) is 5.80. The number of hydrogen-bond donors (Lipinski definition) is 1. The van der Waals surface area contributed by atoms with E-state index in [1.807, 2.05) is 4.90 Å². The lowest BCUT2D eigenvalue weighted by Gasteiger charge is -2.40. The summed E-state index contributed by atoms with van der Waals surface area (Å²) in [6.07, 6.45) is 7.41. The molecule has 0 saturated carbocycles. The fraction of sp³-hybridized carbons (Fsp3) is 0.480. The molecule has 184 valence electrons. The van der Waals surface area contributed by atoms with Crippen molar-refractivity contribution in [3.63, 3.8) is 0 Å². The van der Waals surface area contributed by atoms with Crippen LogP contribution in [-0.4, -0.2) is 56.7 Å². The highest BCUT2D eigenvalue weighted by Gasteiger charge is 2.36. The molecular formula is C25H28N4O5S. The van der Waals surface area contributed by atoms with E-state index in [-0.39, 0.29) is 28.3 Å². The van der Waals surface area contributed by atoms with Crippen LogP contribution in [0.15, 0.2) is 28.6 Å². The monoisotopic (exact) mass is 496 g/mol. The second-order valence-corrected chi connectivity index (χ2v) is 10.6. The third-order valence-corrected chi connectivity index (χ3v) is 7.88. The van der Waals surface area contributed by atoms with Crippen LogP contribution in [-0.2, 0) is 9.53 Å². The molecule has 0 aliphatic carbocycles. The van der Waals surface area contributed by atoms with Gasteiger partial charge in [-0.15, -0.1) is 11.3 Å². The predicted molar refractivity (Wildman–Crippen MR) is 133 cm³/mol. The Kier molecular flexibility index (Phi) is 6.18. The van der Waals surface area contributed by atoms with Crippen molar-refractivity contribution in [3.05, 3.63) is 45.2 Å². The van der Waals surface area contributed by atoms with Crippen molar-refractivity contribution in [2.75, 3.05) is 24.6 Å². The summed E-state index contributed by atoms with van der Waals surface area (Å²) < 4.78 is 7.49. The summed E-state index contributed by atoms with van der Waals surface area (Å²) in [5, 5.41) is 12.1. The van der Waals surface area contributed by atoms with Gasteiger partial charge >= 0.3 is 5.97 Å². The van der Waals surface area contributed by atoms with E-state index in [1.54, 1.807) is 29.1 Å². The predicted octanol–water partition coefficient (Wildman–Crippen LogP) is 3.59. The number of rotatable bonds is 7. The van der Waals surface area contributed by atoms with E-state index < -0.39 is 11.4 Å². The van der Waals surface area contributed by atoms with E-state index in [0.717, 1.165) is 32.3 Å². The third kappa shape index (κ3) is 4.48. The first kappa shape index (κ1) is 23.6. The number of pyridine rings is 2. The average Bonchev–Trinajstić information content (AvgIpc) is 3.32. The van der Waals surface area contributed by atoms with Gasteiger partial charge in [0.25, 0.3) is 0 Å². The lowest BCUT2D eigenvalue weighted by molar-refractivity contribution is -0.126. The number of aromatic nitrogens is 3. The zero-order chi connectivity index (χ0) is 24.7. The minimum atomic E-state index is -1.29. The Bertz CT molecular complexity index is 1340. The molecule has 0 spiro atoms. The van der Waals surface area contributed by atoms with E-state index in [2.05, 4.69) is 11.9 Å². The van der Waals surface area contributed by atoms with Gasteiger partial charge in [-0.3, -0.25) is 14.2 Å². The molecule has 5 rings (SSSR count). The van der Waals surface area contributed by atoms with Crippen LogP contribution in [0.1, 0.15) is 54.9 Å². The molecule has 0 bridgehead atoms. The minimum absolute atomic E-state index is 0.0458. The van der Waals surface area contributed by atoms with Gasteiger partial charge in [0.15, 0.2) is 10.8 Å². The van der Waals surface area contributed by atoms with Crippen LogP contribution in [0, 0.1) is 12.8 Å². The molecule has 2 aliphatic heterocycles. The Balaban J connectivity index is 1.38. The quantitative estimate of drug-likeness (QED) is 0.528. The number of hydrogen-bond acceptors (Lipinski definition) is 8. The average molecular weight is 497 g/mol. The van der Waals surface area contributed by atoms with Crippen LogP contribution < -0.4 is 10.3 Å². The van der Waals surface area contributed by atoms with Gasteiger partial charge in [0.2, 0.25) is 5.43 Å². The van der Waals surface area contributed by atoms with Crippen LogP contribution in [0.5, 0.6) is 0 Å². The SMILES string of the molecule is Cc1cc(N2CC(C(=O)CCC3(C)CCCCO3)C2)nc2c1c(=O)c(C(=O)O)cn2-c1nccs1. The molecule has 0 amide bonds. The summed E-state index contributed by atoms with van der Waals surface area (Å²) >= 11 is 1.33. The molecule has 1 N–H and O–H groups in total. The topological polar surface area (TPSA) is 115 Å². The highest BCUT2D eigenvalue weighted by atomic mass is 32.1. The van der Waals surface area contributed by atoms with Gasteiger partial charge in [-0.2, -0.15) is 0 Å². The summed E-state index contributed by atoms with van der Waals surface area (Å²) in [7, 11) is 0. The van der Waals surface area contributed by atoms with Crippen molar-refractivity contribution in [2.45, 2.75) is 51.6 Å². The first-order chi connectivity index (χ1) is 16.8. The lowest BCUT2D eigenvalue weighted by atomic mass is 9.86. The van der Waals surface area contributed by atoms with E-state index >= 15 is 0 Å². The maximum Gasteiger partial charge on any atom is 0.341 e. The van der Waals surface area contributed by atoms with E-state index in [0.29, 0.717) is 41.7 Å². The maximum absolute atomic E-state index is 12.9. The van der Waals surface area contributed by atoms with Crippen LogP contribution in [0.2, 0.25) is 0 Å². The van der Waals surface area contributed by atoms with Crippen LogP contribution in [0.25, 0.3) is 16.2 Å². The van der Waals surface area contributed by atoms with Gasteiger partial charge in [0, 0.05) is 43.9 Å². The summed E-state index contributed by atoms with van der Waals surface area (Å²) in [5.41, 5.74) is -0.0759. The Morgan fingerprint density at radius 1 is 1.31 bits per heavy atom. The number of fused-ring (bicyclic) bond motifs is 1. The number of ketones is 1. The molecule has 0 radical (unpaired) electrons. The Hall–Kier alpha value is -3.11. The standard InChI is InChI=1S/C25H28N4O5S/c1-15-11-19(28-12-16(13-28)18(30)5-7-25(2)6-3-4-9-34-25)27-22-20(15)21(31)17(23(32)33)14-29(22)24-26-8-10-35-24/h8,10-11,14,16H,3-7,9,12-13H2,1-2H3,(H,32,33). The van der Waals surface area contributed by atoms with Crippen LogP contribution in [0.4, 0.5) is 5.82 Å². The van der Waals surface area contributed by atoms with Crippen molar-refractivity contribution in [1.29, 1.82) is 0 Å². The minimum Gasteiger partial charge on any atom is -0.477 e. The molecule has 35 heavy (non-hydrogen) atoms. The maximum atomic E-state index is 12.9. The largest absolute Gasteiger partial charge is 0.477 e. The number of anilines is 1. The van der Waals surface area contributed by atoms with Gasteiger partial charge in [0.05, 0.1) is 16.9 Å². The molecule has 2 fully saturated rings. The number of aryl methyl sites for hydroxylation is 1. The number of carbonyl (C=O) groups is 2. The van der Waals surface area contributed by atoms with Crippen molar-refractivity contribution >= 4 is 39.9 Å². The molecule has 3 aromatic heterocycles. The van der Waals surface area contributed by atoms with Gasteiger partial charge in [0.1, 0.15) is 17.2 Å². The summed E-state index contributed by atoms with van der Waals surface area (Å²) in [5.74, 6) is -0.424. The first-order valence-corrected chi connectivity index (χ1v) is 12.8. The van der Waals surface area contributed by atoms with Crippen molar-refractivity contribution in [1.82, 2.24) is 14.5 Å². The second-order valence-electron chi connectivity index (χ2n) is 9.68. The molecule has 2 aliphatic rings. The first-order valence-electron chi connectivity index (χ1n) is 11.9. The Morgan fingerprint density at radius 2 is 2.11 bits per heavy atom. The molecule has 2 saturated heterocycles. The third-order valence-electron chi connectivity index (χ3n) is 7.11. The highest BCUT2D eigenvalue weighted by Crippen LogP contribution is 2.32. The Morgan fingerprint density at radius 3 is 2.77 bits per heavy atom. The molecule has 1 atom stereocenters. The zero-order valence-corrected chi connectivity index (χ0v) is 20.6. The van der Waals surface area contributed by atoms with Crippen molar-refractivity contribution in [2.24, 2.45) is 5.92 Å². The molecule has 1 unspecified atom stereocenters. The van der Waals surface area contributed by atoms with Gasteiger partial charge in [-0.1, -0.05) is 0 Å². The highest BCUT2D eigenvalue weighted by molar-refractivity contribution is 7.12. The molecular weight excluding hydrogens is 468 g/mol. The number of Topliss-reactive ketones (excluding diaryl/α,β-unsaturated/α-hetero) is 1. The van der Waals surface area contributed by atoms with Gasteiger partial charge in [-0.25, -0.2) is 14.8 Å². The van der Waals surface area contributed by atoms with Crippen LogP contribution >= 0.6 is 11.3 Å². The summed E-state index contributed by atoms with van der Waals surface area (Å²) in [6, 6.07) is 1.79.